The van der Waals surface area contributed by atoms with Crippen molar-refractivity contribution in [1.82, 2.24) is 15.0 Å². The van der Waals surface area contributed by atoms with Gasteiger partial charge >= 0.3 is 0 Å². The Morgan fingerprint density at radius 1 is 1.48 bits per heavy atom. The fourth-order valence-electron chi connectivity index (χ4n) is 2.72. The van der Waals surface area contributed by atoms with Crippen LogP contribution in [0.1, 0.15) is 44.3 Å². The molecule has 0 spiro atoms. The Labute approximate surface area is 126 Å². The van der Waals surface area contributed by atoms with Gasteiger partial charge in [-0.2, -0.15) is 4.98 Å². The van der Waals surface area contributed by atoms with E-state index in [2.05, 4.69) is 10.1 Å². The number of aliphatic hydroxyl groups excluding tert-OH is 1. The molecule has 112 valence electrons. The summed E-state index contributed by atoms with van der Waals surface area (Å²) in [7, 11) is 0. The number of aryl methyl sites for hydroxylation is 3. The van der Waals surface area contributed by atoms with Crippen molar-refractivity contribution in [2.24, 2.45) is 0 Å². The molecule has 1 amide bonds. The Bertz CT molecular complexity index is 679. The second-order valence-electron chi connectivity index (χ2n) is 5.37. The van der Waals surface area contributed by atoms with Crippen molar-refractivity contribution in [3.63, 3.8) is 0 Å². The third-order valence-corrected chi connectivity index (χ3v) is 4.61. The van der Waals surface area contributed by atoms with Gasteiger partial charge < -0.3 is 14.5 Å². The normalized spacial score (nSPS) is 22.0. The first-order valence-corrected chi connectivity index (χ1v) is 7.63. The third kappa shape index (κ3) is 2.58. The summed E-state index contributed by atoms with van der Waals surface area (Å²) >= 11 is 1.60. The summed E-state index contributed by atoms with van der Waals surface area (Å²) in [6, 6.07) is 1.54. The molecule has 1 saturated heterocycles. The smallest absolute Gasteiger partial charge is 0.255 e. The quantitative estimate of drug-likeness (QED) is 0.918. The summed E-state index contributed by atoms with van der Waals surface area (Å²) in [4.78, 5) is 20.7. The summed E-state index contributed by atoms with van der Waals surface area (Å²) in [6.07, 6.45) is -0.138. The first-order valence-electron chi connectivity index (χ1n) is 6.82. The molecule has 1 aliphatic rings. The topological polar surface area (TPSA) is 79.5 Å². The van der Waals surface area contributed by atoms with Gasteiger partial charge in [-0.25, -0.2) is 0 Å². The van der Waals surface area contributed by atoms with Crippen LogP contribution in [0.2, 0.25) is 0 Å². The molecule has 0 aromatic carbocycles. The molecular formula is C14H17N3O3S. The van der Waals surface area contributed by atoms with Crippen LogP contribution in [0.5, 0.6) is 0 Å². The average Bonchev–Trinajstić information content (AvgIpc) is 3.08. The first kappa shape index (κ1) is 14.2. The molecule has 1 N–H and O–H groups in total. The molecule has 0 bridgehead atoms. The van der Waals surface area contributed by atoms with Crippen LogP contribution < -0.4 is 0 Å². The molecule has 0 saturated carbocycles. The van der Waals surface area contributed by atoms with Crippen LogP contribution in [-0.2, 0) is 0 Å². The van der Waals surface area contributed by atoms with E-state index in [4.69, 9.17) is 4.52 Å². The van der Waals surface area contributed by atoms with E-state index in [1.807, 2.05) is 19.9 Å². The zero-order valence-corrected chi connectivity index (χ0v) is 13.0. The number of hydrogen-bond donors (Lipinski definition) is 1. The summed E-state index contributed by atoms with van der Waals surface area (Å²) in [5.41, 5.74) is 0.688. The van der Waals surface area contributed by atoms with E-state index in [9.17, 15) is 9.90 Å². The van der Waals surface area contributed by atoms with E-state index in [0.29, 0.717) is 30.2 Å². The molecule has 3 rings (SSSR count). The SMILES string of the molecule is Cc1noc([C@H]2C[C@@H](O)CN2C(=O)c2cc(C)sc2C)n1. The van der Waals surface area contributed by atoms with Gasteiger partial charge in [-0.1, -0.05) is 5.16 Å². The van der Waals surface area contributed by atoms with Crippen LogP contribution >= 0.6 is 11.3 Å². The number of amides is 1. The Hall–Kier alpha value is -1.73. The summed E-state index contributed by atoms with van der Waals surface area (Å²) < 4.78 is 5.18. The number of carbonyl (C=O) groups is 1. The molecule has 0 aliphatic carbocycles. The lowest BCUT2D eigenvalue weighted by atomic mass is 10.1. The van der Waals surface area contributed by atoms with Gasteiger partial charge in [0.1, 0.15) is 6.04 Å². The molecule has 3 heterocycles. The Balaban J connectivity index is 1.92. The van der Waals surface area contributed by atoms with Crippen LogP contribution in [0.15, 0.2) is 10.6 Å². The Kier molecular flexibility index (Phi) is 3.54. The van der Waals surface area contributed by atoms with Gasteiger partial charge in [0, 0.05) is 22.7 Å². The van der Waals surface area contributed by atoms with Gasteiger partial charge in [-0.05, 0) is 26.8 Å². The number of nitrogens with zero attached hydrogens (tertiary/aromatic N) is 3. The van der Waals surface area contributed by atoms with Gasteiger partial charge in [-0.3, -0.25) is 4.79 Å². The van der Waals surface area contributed by atoms with Crippen molar-refractivity contribution in [2.45, 2.75) is 39.3 Å². The summed E-state index contributed by atoms with van der Waals surface area (Å²) in [6.45, 7) is 5.94. The maximum atomic E-state index is 12.7. The number of carbonyl (C=O) groups excluding carboxylic acids is 1. The number of likely N-dealkylation sites (tertiary alicyclic amines) is 1. The molecular weight excluding hydrogens is 290 g/mol. The minimum Gasteiger partial charge on any atom is -0.391 e. The third-order valence-electron chi connectivity index (χ3n) is 3.64. The highest BCUT2D eigenvalue weighted by molar-refractivity contribution is 7.12. The van der Waals surface area contributed by atoms with Gasteiger partial charge in [0.05, 0.1) is 11.7 Å². The van der Waals surface area contributed by atoms with Crippen molar-refractivity contribution in [1.29, 1.82) is 0 Å². The second-order valence-corrected chi connectivity index (χ2v) is 6.83. The molecule has 2 aromatic rings. The van der Waals surface area contributed by atoms with Crippen LogP contribution in [0.4, 0.5) is 0 Å². The maximum Gasteiger partial charge on any atom is 0.255 e. The van der Waals surface area contributed by atoms with Crippen molar-refractivity contribution in [3.8, 4) is 0 Å². The monoisotopic (exact) mass is 307 g/mol. The van der Waals surface area contributed by atoms with E-state index in [1.54, 1.807) is 23.2 Å². The lowest BCUT2D eigenvalue weighted by Crippen LogP contribution is -2.32. The highest BCUT2D eigenvalue weighted by atomic mass is 32.1. The lowest BCUT2D eigenvalue weighted by Gasteiger charge is -2.21. The molecule has 2 atom stereocenters. The lowest BCUT2D eigenvalue weighted by molar-refractivity contribution is 0.0693. The number of thiophene rings is 1. The molecule has 7 heteroatoms. The second kappa shape index (κ2) is 5.23. The number of rotatable bonds is 2. The van der Waals surface area contributed by atoms with E-state index in [-0.39, 0.29) is 11.9 Å². The first-order chi connectivity index (χ1) is 9.95. The maximum absolute atomic E-state index is 12.7. The molecule has 21 heavy (non-hydrogen) atoms. The summed E-state index contributed by atoms with van der Waals surface area (Å²) in [5, 5.41) is 13.7. The average molecular weight is 307 g/mol. The Morgan fingerprint density at radius 3 is 2.81 bits per heavy atom. The van der Waals surface area contributed by atoms with Crippen molar-refractivity contribution in [2.75, 3.05) is 6.54 Å². The summed E-state index contributed by atoms with van der Waals surface area (Å²) in [5.74, 6) is 0.831. The van der Waals surface area contributed by atoms with Crippen LogP contribution in [0.3, 0.4) is 0 Å². The van der Waals surface area contributed by atoms with Crippen molar-refractivity contribution in [3.05, 3.63) is 33.1 Å². The largest absolute Gasteiger partial charge is 0.391 e. The molecule has 2 aromatic heterocycles. The number of β-amino-alcohol motifs (C(OH)–C–C–N with tert-alkyl or cyclic N) is 1. The van der Waals surface area contributed by atoms with Crippen LogP contribution in [0.25, 0.3) is 0 Å². The van der Waals surface area contributed by atoms with Crippen LogP contribution in [-0.4, -0.2) is 38.7 Å². The zero-order chi connectivity index (χ0) is 15.1. The van der Waals surface area contributed by atoms with E-state index >= 15 is 0 Å². The molecule has 1 fully saturated rings. The fraction of sp³-hybridized carbons (Fsp3) is 0.500. The van der Waals surface area contributed by atoms with E-state index in [1.165, 1.54) is 0 Å². The minimum atomic E-state index is -0.564. The minimum absolute atomic E-state index is 0.0887. The zero-order valence-electron chi connectivity index (χ0n) is 12.2. The number of hydrogen-bond acceptors (Lipinski definition) is 6. The predicted molar refractivity (Wildman–Crippen MR) is 77.2 cm³/mol. The van der Waals surface area contributed by atoms with Crippen molar-refractivity contribution < 1.29 is 14.4 Å². The van der Waals surface area contributed by atoms with E-state index < -0.39 is 6.10 Å². The molecule has 6 nitrogen and oxygen atoms in total. The van der Waals surface area contributed by atoms with Crippen LogP contribution in [0, 0.1) is 20.8 Å². The fourth-order valence-corrected chi connectivity index (χ4v) is 3.63. The van der Waals surface area contributed by atoms with Gasteiger partial charge in [0.25, 0.3) is 5.91 Å². The van der Waals surface area contributed by atoms with Gasteiger partial charge in [0.2, 0.25) is 5.89 Å². The highest BCUT2D eigenvalue weighted by Crippen LogP contribution is 2.34. The number of aliphatic hydroxyl groups is 1. The number of aromatic nitrogens is 2. The van der Waals surface area contributed by atoms with Gasteiger partial charge in [0.15, 0.2) is 5.82 Å². The van der Waals surface area contributed by atoms with E-state index in [0.717, 1.165) is 9.75 Å². The Morgan fingerprint density at radius 2 is 2.24 bits per heavy atom. The molecule has 0 unspecified atom stereocenters. The molecule has 0 radical (unpaired) electrons. The molecule has 1 aliphatic heterocycles. The van der Waals surface area contributed by atoms with Crippen molar-refractivity contribution >= 4 is 17.2 Å². The van der Waals surface area contributed by atoms with Gasteiger partial charge in [-0.15, -0.1) is 11.3 Å². The predicted octanol–water partition coefficient (Wildman–Crippen LogP) is 2.00. The highest BCUT2D eigenvalue weighted by Gasteiger charge is 2.39. The standard InChI is InChI=1S/C14H17N3O3S/c1-7-4-11(8(2)21-7)14(19)17-6-10(18)5-12(17)13-15-9(3)16-20-13/h4,10,12,18H,5-6H2,1-3H3/t10-,12-/m1/s1.